The molecular formula is C18H22Cl2N2O. The lowest BCUT2D eigenvalue weighted by molar-refractivity contribution is 0.271. The Morgan fingerprint density at radius 3 is 2.30 bits per heavy atom. The van der Waals surface area contributed by atoms with Crippen LogP contribution in [-0.4, -0.2) is 19.7 Å². The molecule has 0 spiro atoms. The molecule has 0 unspecified atom stereocenters. The topological polar surface area (TPSA) is 33.3 Å². The third-order valence-corrected chi connectivity index (χ3v) is 3.69. The van der Waals surface area contributed by atoms with Crippen LogP contribution in [0.1, 0.15) is 13.8 Å². The molecule has 0 amide bonds. The lowest BCUT2D eigenvalue weighted by atomic mass is 10.2. The van der Waals surface area contributed by atoms with Crippen molar-refractivity contribution in [2.24, 2.45) is 5.92 Å². The Balaban J connectivity index is 1.73. The van der Waals surface area contributed by atoms with E-state index in [1.807, 2.05) is 36.4 Å². The van der Waals surface area contributed by atoms with Gasteiger partial charge in [0.15, 0.2) is 0 Å². The van der Waals surface area contributed by atoms with Gasteiger partial charge in [0.1, 0.15) is 5.75 Å². The third kappa shape index (κ3) is 6.20. The Morgan fingerprint density at radius 1 is 0.957 bits per heavy atom. The van der Waals surface area contributed by atoms with E-state index in [2.05, 4.69) is 24.5 Å². The smallest absolute Gasteiger partial charge is 0.119 e. The van der Waals surface area contributed by atoms with Crippen molar-refractivity contribution < 1.29 is 4.74 Å². The van der Waals surface area contributed by atoms with Gasteiger partial charge in [-0.3, -0.25) is 0 Å². The van der Waals surface area contributed by atoms with E-state index < -0.39 is 0 Å². The maximum absolute atomic E-state index is 6.11. The van der Waals surface area contributed by atoms with Crippen LogP contribution in [0.15, 0.2) is 42.5 Å². The molecule has 0 aliphatic rings. The molecule has 0 aliphatic heterocycles. The highest BCUT2D eigenvalue weighted by Gasteiger charge is 2.01. The van der Waals surface area contributed by atoms with Crippen LogP contribution in [0.25, 0.3) is 0 Å². The van der Waals surface area contributed by atoms with Crippen molar-refractivity contribution in [1.82, 2.24) is 0 Å². The molecule has 2 aromatic rings. The summed E-state index contributed by atoms with van der Waals surface area (Å²) in [6.07, 6.45) is 0. The Morgan fingerprint density at radius 2 is 1.65 bits per heavy atom. The zero-order valence-corrected chi connectivity index (χ0v) is 14.9. The van der Waals surface area contributed by atoms with Gasteiger partial charge in [-0.05, 0) is 48.4 Å². The van der Waals surface area contributed by atoms with Crippen LogP contribution in [0.3, 0.4) is 0 Å². The Hall–Kier alpha value is -1.58. The summed E-state index contributed by atoms with van der Waals surface area (Å²) in [7, 11) is 0. The van der Waals surface area contributed by atoms with E-state index in [0.29, 0.717) is 16.0 Å². The predicted molar refractivity (Wildman–Crippen MR) is 100 cm³/mol. The summed E-state index contributed by atoms with van der Waals surface area (Å²) in [5, 5.41) is 7.89. The zero-order valence-electron chi connectivity index (χ0n) is 13.4. The number of rotatable bonds is 8. The Labute approximate surface area is 147 Å². The van der Waals surface area contributed by atoms with Crippen molar-refractivity contribution in [3.63, 3.8) is 0 Å². The van der Waals surface area contributed by atoms with Gasteiger partial charge < -0.3 is 15.4 Å². The first-order valence-corrected chi connectivity index (χ1v) is 8.46. The van der Waals surface area contributed by atoms with E-state index in [1.54, 1.807) is 6.07 Å². The Bertz CT molecular complexity index is 615. The van der Waals surface area contributed by atoms with Gasteiger partial charge >= 0.3 is 0 Å². The van der Waals surface area contributed by atoms with E-state index in [0.717, 1.165) is 36.8 Å². The zero-order chi connectivity index (χ0) is 16.7. The summed E-state index contributed by atoms with van der Waals surface area (Å²) in [5.74, 6) is 1.42. The highest BCUT2D eigenvalue weighted by Crippen LogP contribution is 2.25. The third-order valence-electron chi connectivity index (χ3n) is 3.14. The van der Waals surface area contributed by atoms with Gasteiger partial charge in [0.05, 0.1) is 17.3 Å². The number of hydrogen-bond acceptors (Lipinski definition) is 3. The van der Waals surface area contributed by atoms with Gasteiger partial charge in [-0.1, -0.05) is 37.0 Å². The quantitative estimate of drug-likeness (QED) is 0.610. The van der Waals surface area contributed by atoms with Crippen LogP contribution in [0.5, 0.6) is 5.75 Å². The van der Waals surface area contributed by atoms with Crippen LogP contribution in [0, 0.1) is 5.92 Å². The predicted octanol–water partition coefficient (Wildman–Crippen LogP) is 5.55. The molecule has 124 valence electrons. The second-order valence-electron chi connectivity index (χ2n) is 5.71. The highest BCUT2D eigenvalue weighted by atomic mass is 35.5. The molecule has 0 saturated carbocycles. The summed E-state index contributed by atoms with van der Waals surface area (Å²) >= 11 is 12.0. The normalized spacial score (nSPS) is 10.7. The van der Waals surface area contributed by atoms with Crippen molar-refractivity contribution >= 4 is 34.6 Å². The highest BCUT2D eigenvalue weighted by molar-refractivity contribution is 6.36. The van der Waals surface area contributed by atoms with Gasteiger partial charge in [-0.2, -0.15) is 0 Å². The molecule has 0 fully saturated rings. The number of ether oxygens (including phenoxy) is 1. The SMILES string of the molecule is CC(C)COc1ccc(NCCNc2ccc(Cl)cc2Cl)cc1. The fourth-order valence-corrected chi connectivity index (χ4v) is 2.44. The molecule has 0 heterocycles. The molecule has 0 aromatic heterocycles. The van der Waals surface area contributed by atoms with Crippen LogP contribution >= 0.6 is 23.2 Å². The molecule has 2 aromatic carbocycles. The van der Waals surface area contributed by atoms with Crippen LogP contribution in [0.4, 0.5) is 11.4 Å². The van der Waals surface area contributed by atoms with Crippen LogP contribution < -0.4 is 15.4 Å². The molecule has 0 atom stereocenters. The molecule has 2 rings (SSSR count). The van der Waals surface area contributed by atoms with Crippen molar-refractivity contribution in [1.29, 1.82) is 0 Å². The van der Waals surface area contributed by atoms with E-state index in [-0.39, 0.29) is 0 Å². The van der Waals surface area contributed by atoms with E-state index in [1.165, 1.54) is 0 Å². The number of benzene rings is 2. The molecule has 3 nitrogen and oxygen atoms in total. The van der Waals surface area contributed by atoms with Gasteiger partial charge in [0.25, 0.3) is 0 Å². The van der Waals surface area contributed by atoms with E-state index in [9.17, 15) is 0 Å². The summed E-state index contributed by atoms with van der Waals surface area (Å²) in [5.41, 5.74) is 1.95. The minimum absolute atomic E-state index is 0.526. The molecule has 2 N–H and O–H groups in total. The van der Waals surface area contributed by atoms with Gasteiger partial charge in [0, 0.05) is 23.8 Å². The van der Waals surface area contributed by atoms with Crippen molar-refractivity contribution in [2.75, 3.05) is 30.3 Å². The minimum atomic E-state index is 0.526. The molecule has 0 radical (unpaired) electrons. The van der Waals surface area contributed by atoms with E-state index >= 15 is 0 Å². The second kappa shape index (κ2) is 8.90. The average Bonchev–Trinajstić information content (AvgIpc) is 2.52. The number of anilines is 2. The van der Waals surface area contributed by atoms with Crippen molar-refractivity contribution in [3.8, 4) is 5.75 Å². The molecule has 0 saturated heterocycles. The molecule has 0 bridgehead atoms. The summed E-state index contributed by atoms with van der Waals surface area (Å²) in [6, 6.07) is 13.4. The standard InChI is InChI=1S/C18H22Cl2N2O/c1-13(2)12-23-16-6-4-15(5-7-16)21-9-10-22-18-8-3-14(19)11-17(18)20/h3-8,11,13,21-22H,9-10,12H2,1-2H3. The van der Waals surface area contributed by atoms with Gasteiger partial charge in [-0.15, -0.1) is 0 Å². The first-order valence-electron chi connectivity index (χ1n) is 7.70. The van der Waals surface area contributed by atoms with Gasteiger partial charge in [0.2, 0.25) is 0 Å². The maximum atomic E-state index is 6.11. The van der Waals surface area contributed by atoms with Crippen LogP contribution in [0.2, 0.25) is 10.0 Å². The van der Waals surface area contributed by atoms with Crippen molar-refractivity contribution in [3.05, 3.63) is 52.5 Å². The van der Waals surface area contributed by atoms with Crippen molar-refractivity contribution in [2.45, 2.75) is 13.8 Å². The largest absolute Gasteiger partial charge is 0.493 e. The molecule has 23 heavy (non-hydrogen) atoms. The summed E-state index contributed by atoms with van der Waals surface area (Å²) < 4.78 is 5.66. The number of nitrogens with one attached hydrogen (secondary N) is 2. The summed E-state index contributed by atoms with van der Waals surface area (Å²) in [4.78, 5) is 0. The first-order chi connectivity index (χ1) is 11.0. The number of hydrogen-bond donors (Lipinski definition) is 2. The lowest BCUT2D eigenvalue weighted by Crippen LogP contribution is -2.13. The molecular weight excluding hydrogens is 331 g/mol. The number of halogens is 2. The fourth-order valence-electron chi connectivity index (χ4n) is 1.97. The summed E-state index contributed by atoms with van der Waals surface area (Å²) in [6.45, 7) is 6.54. The maximum Gasteiger partial charge on any atom is 0.119 e. The monoisotopic (exact) mass is 352 g/mol. The second-order valence-corrected chi connectivity index (χ2v) is 6.55. The first kappa shape index (κ1) is 17.8. The van der Waals surface area contributed by atoms with Gasteiger partial charge in [-0.25, -0.2) is 0 Å². The fraction of sp³-hybridized carbons (Fsp3) is 0.333. The van der Waals surface area contributed by atoms with E-state index in [4.69, 9.17) is 27.9 Å². The molecule has 5 heteroatoms. The van der Waals surface area contributed by atoms with Crippen LogP contribution in [-0.2, 0) is 0 Å². The lowest BCUT2D eigenvalue weighted by Gasteiger charge is -2.12. The Kier molecular flexibility index (Phi) is 6.87. The molecule has 0 aliphatic carbocycles. The average molecular weight is 353 g/mol. The minimum Gasteiger partial charge on any atom is -0.493 e.